The molecule has 0 saturated heterocycles. The number of nitrogens with two attached hydrogens (primary N) is 1. The molecular weight excluding hydrogens is 267 g/mol. The molecule has 4 nitrogen and oxygen atoms in total. The van der Waals surface area contributed by atoms with Gasteiger partial charge in [-0.05, 0) is 24.0 Å². The predicted molar refractivity (Wildman–Crippen MR) is 80.7 cm³/mol. The van der Waals surface area contributed by atoms with Gasteiger partial charge >= 0.3 is 0 Å². The van der Waals surface area contributed by atoms with Gasteiger partial charge in [-0.2, -0.15) is 0 Å². The summed E-state index contributed by atoms with van der Waals surface area (Å²) < 4.78 is 14.5. The van der Waals surface area contributed by atoms with Crippen molar-refractivity contribution in [2.24, 2.45) is 5.73 Å². The molecule has 2 N–H and O–H groups in total. The smallest absolute Gasteiger partial charge is 0.187 e. The van der Waals surface area contributed by atoms with Gasteiger partial charge in [-0.1, -0.05) is 31.2 Å². The number of halogens is 1. The van der Waals surface area contributed by atoms with Crippen LogP contribution < -0.4 is 10.6 Å². The minimum Gasteiger partial charge on any atom is -0.345 e. The normalized spacial score (nSPS) is 17.7. The molecule has 0 bridgehead atoms. The third kappa shape index (κ3) is 2.38. The second-order valence-corrected chi connectivity index (χ2v) is 5.21. The number of anilines is 1. The maximum absolute atomic E-state index is 14.5. The minimum atomic E-state index is -0.321. The lowest BCUT2D eigenvalue weighted by molar-refractivity contribution is 0.539. The average Bonchev–Trinajstić information content (AvgIpc) is 2.54. The van der Waals surface area contributed by atoms with Gasteiger partial charge in [-0.3, -0.25) is 0 Å². The third-order valence-corrected chi connectivity index (χ3v) is 4.09. The minimum absolute atomic E-state index is 0.0379. The summed E-state index contributed by atoms with van der Waals surface area (Å²) >= 11 is 0. The Bertz CT molecular complexity index is 644. The van der Waals surface area contributed by atoms with Gasteiger partial charge in [0.15, 0.2) is 11.6 Å². The van der Waals surface area contributed by atoms with Crippen molar-refractivity contribution < 1.29 is 4.39 Å². The largest absolute Gasteiger partial charge is 0.345 e. The Kier molecular flexibility index (Phi) is 3.84. The van der Waals surface area contributed by atoms with Gasteiger partial charge < -0.3 is 10.6 Å². The van der Waals surface area contributed by atoms with Crippen molar-refractivity contribution in [2.45, 2.75) is 25.8 Å². The van der Waals surface area contributed by atoms with Crippen LogP contribution >= 0.6 is 0 Å². The molecule has 0 aliphatic carbocycles. The van der Waals surface area contributed by atoms with Crippen LogP contribution in [0.2, 0.25) is 0 Å². The Morgan fingerprint density at radius 2 is 2.14 bits per heavy atom. The van der Waals surface area contributed by atoms with Crippen LogP contribution in [0.3, 0.4) is 0 Å². The molecule has 0 fully saturated rings. The Morgan fingerprint density at radius 1 is 1.33 bits per heavy atom. The first kappa shape index (κ1) is 13.9. The summed E-state index contributed by atoms with van der Waals surface area (Å²) in [6, 6.07) is 8.17. The first-order valence-corrected chi connectivity index (χ1v) is 7.30. The van der Waals surface area contributed by atoms with E-state index in [-0.39, 0.29) is 11.9 Å². The summed E-state index contributed by atoms with van der Waals surface area (Å²) in [5.41, 5.74) is 8.87. The number of benzene rings is 1. The van der Waals surface area contributed by atoms with Gasteiger partial charge in [0.2, 0.25) is 0 Å². The van der Waals surface area contributed by atoms with Crippen LogP contribution in [-0.4, -0.2) is 23.1 Å². The van der Waals surface area contributed by atoms with Crippen LogP contribution in [0.4, 0.5) is 10.2 Å². The van der Waals surface area contributed by atoms with Crippen molar-refractivity contribution in [3.8, 4) is 0 Å². The molecule has 21 heavy (non-hydrogen) atoms. The Hall–Kier alpha value is -2.01. The fourth-order valence-corrected chi connectivity index (χ4v) is 3.00. The maximum Gasteiger partial charge on any atom is 0.187 e. The highest BCUT2D eigenvalue weighted by molar-refractivity contribution is 5.49. The van der Waals surface area contributed by atoms with Crippen LogP contribution in [0.15, 0.2) is 30.6 Å². The molecular formula is C16H19FN4. The summed E-state index contributed by atoms with van der Waals surface area (Å²) in [5, 5.41) is 0. The fourth-order valence-electron chi connectivity index (χ4n) is 3.00. The van der Waals surface area contributed by atoms with Crippen molar-refractivity contribution in [2.75, 3.05) is 18.0 Å². The van der Waals surface area contributed by atoms with Crippen LogP contribution in [0.5, 0.6) is 0 Å². The molecule has 110 valence electrons. The van der Waals surface area contributed by atoms with E-state index in [1.807, 2.05) is 24.0 Å². The maximum atomic E-state index is 14.5. The lowest BCUT2D eigenvalue weighted by atomic mass is 9.92. The number of hydrogen-bond acceptors (Lipinski definition) is 4. The van der Waals surface area contributed by atoms with Crippen LogP contribution in [-0.2, 0) is 12.8 Å². The summed E-state index contributed by atoms with van der Waals surface area (Å²) in [5.74, 6) is 0.0460. The Morgan fingerprint density at radius 3 is 2.90 bits per heavy atom. The van der Waals surface area contributed by atoms with Crippen molar-refractivity contribution in [3.63, 3.8) is 0 Å². The number of hydrogen-bond donors (Lipinski definition) is 1. The van der Waals surface area contributed by atoms with E-state index in [1.54, 1.807) is 0 Å². The highest BCUT2D eigenvalue weighted by Crippen LogP contribution is 2.33. The average molecular weight is 286 g/mol. The van der Waals surface area contributed by atoms with Crippen LogP contribution in [0.25, 0.3) is 0 Å². The zero-order chi connectivity index (χ0) is 14.8. The Labute approximate surface area is 123 Å². The molecule has 1 aliphatic rings. The third-order valence-electron chi connectivity index (χ3n) is 4.09. The fraction of sp³-hybridized carbons (Fsp3) is 0.375. The second-order valence-electron chi connectivity index (χ2n) is 5.21. The number of aryl methyl sites for hydroxylation is 1. The van der Waals surface area contributed by atoms with Crippen molar-refractivity contribution >= 4 is 5.82 Å². The number of fused-ring (bicyclic) bond motifs is 1. The number of rotatable bonds is 3. The molecule has 3 rings (SSSR count). The Balaban J connectivity index is 2.04. The molecule has 1 aliphatic heterocycles. The summed E-state index contributed by atoms with van der Waals surface area (Å²) in [4.78, 5) is 10.1. The number of nitrogens with zero attached hydrogens (tertiary/aromatic N) is 3. The SMILES string of the molecule is CCc1ncnc(N2CCc3ccccc3C2CN)c1F. The number of aromatic nitrogens is 2. The summed E-state index contributed by atoms with van der Waals surface area (Å²) in [7, 11) is 0. The zero-order valence-corrected chi connectivity index (χ0v) is 12.1. The molecule has 0 radical (unpaired) electrons. The van der Waals surface area contributed by atoms with E-state index in [0.717, 1.165) is 13.0 Å². The zero-order valence-electron chi connectivity index (χ0n) is 12.1. The van der Waals surface area contributed by atoms with Gasteiger partial charge in [0.25, 0.3) is 0 Å². The highest BCUT2D eigenvalue weighted by Gasteiger charge is 2.29. The van der Waals surface area contributed by atoms with Crippen molar-refractivity contribution in [1.29, 1.82) is 0 Å². The molecule has 0 spiro atoms. The molecule has 0 amide bonds. The van der Waals surface area contributed by atoms with Crippen molar-refractivity contribution in [1.82, 2.24) is 9.97 Å². The van der Waals surface area contributed by atoms with E-state index in [0.29, 0.717) is 24.5 Å². The van der Waals surface area contributed by atoms with Gasteiger partial charge in [0, 0.05) is 13.1 Å². The monoisotopic (exact) mass is 286 g/mol. The molecule has 1 aromatic carbocycles. The van der Waals surface area contributed by atoms with Gasteiger partial charge in [-0.25, -0.2) is 14.4 Å². The van der Waals surface area contributed by atoms with E-state index in [4.69, 9.17) is 5.73 Å². The van der Waals surface area contributed by atoms with E-state index in [1.165, 1.54) is 17.5 Å². The topological polar surface area (TPSA) is 55.0 Å². The second kappa shape index (κ2) is 5.77. The summed E-state index contributed by atoms with van der Waals surface area (Å²) in [6.45, 7) is 3.04. The highest BCUT2D eigenvalue weighted by atomic mass is 19.1. The standard InChI is InChI=1S/C16H19FN4/c1-2-13-15(17)16(20-10-19-13)21-8-7-11-5-3-4-6-12(11)14(21)9-18/h3-6,10,14H,2,7-9,18H2,1H3. The molecule has 1 unspecified atom stereocenters. The summed E-state index contributed by atoms with van der Waals surface area (Å²) in [6.07, 6.45) is 2.86. The molecule has 5 heteroatoms. The first-order valence-electron chi connectivity index (χ1n) is 7.30. The van der Waals surface area contributed by atoms with Gasteiger partial charge in [0.05, 0.1) is 11.7 Å². The van der Waals surface area contributed by atoms with Crippen molar-refractivity contribution in [3.05, 3.63) is 53.2 Å². The molecule has 2 heterocycles. The first-order chi connectivity index (χ1) is 10.3. The van der Waals surface area contributed by atoms with Gasteiger partial charge in [0.1, 0.15) is 6.33 Å². The van der Waals surface area contributed by atoms with E-state index in [2.05, 4.69) is 22.1 Å². The van der Waals surface area contributed by atoms with E-state index >= 15 is 0 Å². The quantitative estimate of drug-likeness (QED) is 0.940. The molecule has 1 aromatic heterocycles. The van der Waals surface area contributed by atoms with E-state index < -0.39 is 0 Å². The predicted octanol–water partition coefficient (Wildman–Crippen LogP) is 2.24. The van der Waals surface area contributed by atoms with Crippen LogP contribution in [0.1, 0.15) is 29.8 Å². The lowest BCUT2D eigenvalue weighted by Crippen LogP contribution is -2.40. The molecule has 1 atom stereocenters. The van der Waals surface area contributed by atoms with Crippen LogP contribution in [0, 0.1) is 5.82 Å². The molecule has 2 aromatic rings. The molecule has 0 saturated carbocycles. The lowest BCUT2D eigenvalue weighted by Gasteiger charge is -2.37. The van der Waals surface area contributed by atoms with E-state index in [9.17, 15) is 4.39 Å². The van der Waals surface area contributed by atoms with Gasteiger partial charge in [-0.15, -0.1) is 0 Å².